The van der Waals surface area contributed by atoms with Crippen LogP contribution in [0.4, 0.5) is 0 Å². The summed E-state index contributed by atoms with van der Waals surface area (Å²) < 4.78 is 0. The lowest BCUT2D eigenvalue weighted by Crippen LogP contribution is -2.58. The highest BCUT2D eigenvalue weighted by molar-refractivity contribution is 5.95. The third kappa shape index (κ3) is 9.08. The number of H-pyrrole nitrogens is 1. The number of para-hydroxylation sites is 1. The highest BCUT2D eigenvalue weighted by Gasteiger charge is 2.32. The Hall–Kier alpha value is -4.50. The number of carbonyl (C=O) groups is 6. The molecule has 5 unspecified atom stereocenters. The van der Waals surface area contributed by atoms with Crippen LogP contribution in [0.3, 0.4) is 0 Å². The zero-order valence-electron chi connectivity index (χ0n) is 20.9. The van der Waals surface area contributed by atoms with E-state index in [4.69, 9.17) is 15.9 Å². The summed E-state index contributed by atoms with van der Waals surface area (Å²) in [6.45, 7) is 1.28. The number of nitrogens with one attached hydrogen (secondary N) is 4. The number of carboxylic acid groups (broad SMARTS) is 3. The molecule has 1 heterocycles. The van der Waals surface area contributed by atoms with Gasteiger partial charge < -0.3 is 47.1 Å². The van der Waals surface area contributed by atoms with Crippen LogP contribution in [0.2, 0.25) is 0 Å². The molecule has 1 aromatic carbocycles. The van der Waals surface area contributed by atoms with E-state index >= 15 is 0 Å². The predicted octanol–water partition coefficient (Wildman–Crippen LogP) is -1.70. The number of aromatic nitrogens is 1. The lowest BCUT2D eigenvalue weighted by atomic mass is 10.0. The van der Waals surface area contributed by atoms with Crippen LogP contribution in [0.1, 0.15) is 31.7 Å². The number of aromatic amines is 1. The molecule has 0 aliphatic rings. The summed E-state index contributed by atoms with van der Waals surface area (Å²) in [7, 11) is 0. The van der Waals surface area contributed by atoms with E-state index in [-0.39, 0.29) is 6.42 Å². The molecule has 0 radical (unpaired) electrons. The molecule has 2 rings (SSSR count). The molecule has 3 amide bonds. The third-order valence-corrected chi connectivity index (χ3v) is 5.83. The SMILES string of the molecule is CC(O)C(N)C(=O)NC(Cc1c[nH]c2ccccc12)C(=O)NC(CCC(=O)O)C(=O)NC(CC(=O)O)C(=O)O. The van der Waals surface area contributed by atoms with Crippen molar-refractivity contribution in [2.45, 2.75) is 62.9 Å². The molecule has 0 aliphatic carbocycles. The summed E-state index contributed by atoms with van der Waals surface area (Å²) in [6, 6.07) is 0.949. The van der Waals surface area contributed by atoms with Crippen molar-refractivity contribution in [3.05, 3.63) is 36.0 Å². The minimum absolute atomic E-state index is 0.0991. The highest BCUT2D eigenvalue weighted by Crippen LogP contribution is 2.19. The molecular formula is C24H31N5O10. The van der Waals surface area contributed by atoms with E-state index in [1.54, 1.807) is 30.5 Å². The van der Waals surface area contributed by atoms with Crippen LogP contribution < -0.4 is 21.7 Å². The Labute approximate surface area is 221 Å². The van der Waals surface area contributed by atoms with Crippen LogP contribution in [0.25, 0.3) is 10.9 Å². The van der Waals surface area contributed by atoms with Crippen molar-refractivity contribution >= 4 is 46.5 Å². The predicted molar refractivity (Wildman–Crippen MR) is 134 cm³/mol. The van der Waals surface area contributed by atoms with Crippen LogP contribution in [0, 0.1) is 0 Å². The second kappa shape index (κ2) is 13.9. The Balaban J connectivity index is 2.33. The van der Waals surface area contributed by atoms with E-state index in [0.29, 0.717) is 5.56 Å². The number of nitrogens with two attached hydrogens (primary N) is 1. The number of hydrogen-bond acceptors (Lipinski definition) is 8. The Morgan fingerprint density at radius 1 is 0.872 bits per heavy atom. The molecule has 2 aromatic rings. The quantitative estimate of drug-likeness (QED) is 0.121. The van der Waals surface area contributed by atoms with Crippen molar-refractivity contribution in [1.82, 2.24) is 20.9 Å². The number of fused-ring (bicyclic) bond motifs is 1. The maximum atomic E-state index is 13.3. The van der Waals surface area contributed by atoms with Gasteiger partial charge in [-0.15, -0.1) is 0 Å². The first-order valence-corrected chi connectivity index (χ1v) is 11.9. The Morgan fingerprint density at radius 3 is 2.05 bits per heavy atom. The number of carbonyl (C=O) groups excluding carboxylic acids is 3. The maximum Gasteiger partial charge on any atom is 0.326 e. The van der Waals surface area contributed by atoms with Crippen LogP contribution in [0.15, 0.2) is 30.5 Å². The van der Waals surface area contributed by atoms with Gasteiger partial charge in [-0.1, -0.05) is 18.2 Å². The topological polar surface area (TPSA) is 261 Å². The summed E-state index contributed by atoms with van der Waals surface area (Å²) in [5.41, 5.74) is 7.05. The number of hydrogen-bond donors (Lipinski definition) is 9. The molecule has 0 spiro atoms. The van der Waals surface area contributed by atoms with Gasteiger partial charge >= 0.3 is 17.9 Å². The number of amides is 3. The normalized spacial score (nSPS) is 14.8. The van der Waals surface area contributed by atoms with Gasteiger partial charge in [-0.2, -0.15) is 0 Å². The lowest BCUT2D eigenvalue weighted by molar-refractivity contribution is -0.147. The molecule has 15 heteroatoms. The molecule has 1 aromatic heterocycles. The summed E-state index contributed by atoms with van der Waals surface area (Å²) in [5.74, 6) is -7.40. The highest BCUT2D eigenvalue weighted by atomic mass is 16.4. The van der Waals surface area contributed by atoms with Crippen LogP contribution >= 0.6 is 0 Å². The minimum atomic E-state index is -1.84. The molecular weight excluding hydrogens is 518 g/mol. The number of aliphatic hydroxyl groups is 1. The van der Waals surface area contributed by atoms with Crippen LogP contribution in [-0.2, 0) is 35.2 Å². The third-order valence-electron chi connectivity index (χ3n) is 5.83. The van der Waals surface area contributed by atoms with E-state index in [1.807, 2.05) is 5.32 Å². The first-order chi connectivity index (χ1) is 18.3. The number of aliphatic hydroxyl groups excluding tert-OH is 1. The Bertz CT molecular complexity index is 1230. The zero-order chi connectivity index (χ0) is 29.3. The first kappa shape index (κ1) is 30.7. The molecule has 15 nitrogen and oxygen atoms in total. The van der Waals surface area contributed by atoms with Gasteiger partial charge in [-0.25, -0.2) is 4.79 Å². The van der Waals surface area contributed by atoms with E-state index in [1.165, 1.54) is 6.92 Å². The smallest absolute Gasteiger partial charge is 0.326 e. The van der Waals surface area contributed by atoms with Gasteiger partial charge in [0.1, 0.15) is 24.2 Å². The van der Waals surface area contributed by atoms with Crippen molar-refractivity contribution in [2.24, 2.45) is 5.73 Å². The summed E-state index contributed by atoms with van der Waals surface area (Å²) in [5, 5.41) is 44.4. The molecule has 0 saturated carbocycles. The molecule has 212 valence electrons. The van der Waals surface area contributed by atoms with Crippen molar-refractivity contribution in [3.63, 3.8) is 0 Å². The van der Waals surface area contributed by atoms with Gasteiger partial charge in [-0.3, -0.25) is 24.0 Å². The van der Waals surface area contributed by atoms with Gasteiger partial charge in [-0.05, 0) is 25.0 Å². The van der Waals surface area contributed by atoms with Gasteiger partial charge in [0, 0.05) is 29.9 Å². The standard InChI is InChI=1S/C24H31N5O10/c1-11(30)20(25)23(37)28-16(8-12-10-26-14-5-3-2-4-13(12)14)22(36)27-15(6-7-18(31)32)21(35)29-17(24(38)39)9-19(33)34/h2-5,10-11,15-17,20,26,30H,6-9,25H2,1H3,(H,27,36)(H,28,37)(H,29,35)(H,31,32)(H,33,34)(H,38,39). The fraction of sp³-hybridized carbons (Fsp3) is 0.417. The fourth-order valence-electron chi connectivity index (χ4n) is 3.67. The van der Waals surface area contributed by atoms with Gasteiger partial charge in [0.15, 0.2) is 0 Å². The number of aliphatic carboxylic acids is 3. The molecule has 0 aliphatic heterocycles. The summed E-state index contributed by atoms with van der Waals surface area (Å²) in [4.78, 5) is 75.2. The van der Waals surface area contributed by atoms with Crippen molar-refractivity contribution < 1.29 is 49.2 Å². The van der Waals surface area contributed by atoms with Gasteiger partial charge in [0.25, 0.3) is 0 Å². The molecule has 0 fully saturated rings. The van der Waals surface area contributed by atoms with E-state index in [2.05, 4.69) is 15.6 Å². The zero-order valence-corrected chi connectivity index (χ0v) is 20.9. The minimum Gasteiger partial charge on any atom is -0.481 e. The van der Waals surface area contributed by atoms with E-state index in [0.717, 1.165) is 10.9 Å². The summed E-state index contributed by atoms with van der Waals surface area (Å²) in [6.07, 6.45) is -1.76. The largest absolute Gasteiger partial charge is 0.481 e. The van der Waals surface area contributed by atoms with Crippen molar-refractivity contribution in [2.75, 3.05) is 0 Å². The first-order valence-electron chi connectivity index (χ1n) is 11.9. The second-order valence-corrected chi connectivity index (χ2v) is 8.88. The number of rotatable bonds is 15. The molecule has 0 saturated heterocycles. The second-order valence-electron chi connectivity index (χ2n) is 8.88. The average Bonchev–Trinajstić information content (AvgIpc) is 3.27. The number of benzene rings is 1. The van der Waals surface area contributed by atoms with E-state index in [9.17, 15) is 39.0 Å². The van der Waals surface area contributed by atoms with Gasteiger partial charge in [0.05, 0.1) is 12.5 Å². The van der Waals surface area contributed by atoms with Crippen molar-refractivity contribution in [1.29, 1.82) is 0 Å². The van der Waals surface area contributed by atoms with Crippen LogP contribution in [-0.4, -0.2) is 91.3 Å². The fourth-order valence-corrected chi connectivity index (χ4v) is 3.67. The molecule has 10 N–H and O–H groups in total. The van der Waals surface area contributed by atoms with E-state index < -0.39 is 85.2 Å². The Kier molecular flexibility index (Phi) is 10.9. The number of carboxylic acids is 3. The lowest BCUT2D eigenvalue weighted by Gasteiger charge is -2.25. The Morgan fingerprint density at radius 2 is 1.46 bits per heavy atom. The molecule has 5 atom stereocenters. The maximum absolute atomic E-state index is 13.3. The van der Waals surface area contributed by atoms with Gasteiger partial charge in [0.2, 0.25) is 17.7 Å². The monoisotopic (exact) mass is 549 g/mol. The van der Waals surface area contributed by atoms with Crippen molar-refractivity contribution in [3.8, 4) is 0 Å². The molecule has 39 heavy (non-hydrogen) atoms. The molecule has 0 bridgehead atoms. The average molecular weight is 550 g/mol. The summed E-state index contributed by atoms with van der Waals surface area (Å²) >= 11 is 0. The van der Waals surface area contributed by atoms with Crippen LogP contribution in [0.5, 0.6) is 0 Å².